The maximum absolute atomic E-state index is 13.3. The molecular weight excluding hydrogens is 420 g/mol. The van der Waals surface area contributed by atoms with Gasteiger partial charge in [0.05, 0.1) is 11.1 Å². The molecule has 0 aliphatic carbocycles. The minimum atomic E-state index is -4.35. The molecule has 1 atom stereocenters. The summed E-state index contributed by atoms with van der Waals surface area (Å²) >= 11 is 0. The third-order valence-corrected chi connectivity index (χ3v) is 6.10. The average Bonchev–Trinajstić information content (AvgIpc) is 2.80. The van der Waals surface area contributed by atoms with Crippen LogP contribution < -0.4 is 10.6 Å². The van der Waals surface area contributed by atoms with Crippen molar-refractivity contribution in [2.24, 2.45) is 11.7 Å². The molecule has 167 valence electrons. The highest BCUT2D eigenvalue weighted by Crippen LogP contribution is 2.37. The molecule has 1 fully saturated rings. The third-order valence-electron chi connectivity index (χ3n) is 6.10. The Kier molecular flexibility index (Phi) is 6.41. The lowest BCUT2D eigenvalue weighted by Crippen LogP contribution is -2.38. The van der Waals surface area contributed by atoms with E-state index in [0.29, 0.717) is 12.1 Å². The van der Waals surface area contributed by atoms with Crippen LogP contribution in [0.1, 0.15) is 29.9 Å². The Labute approximate surface area is 184 Å². The summed E-state index contributed by atoms with van der Waals surface area (Å²) in [6, 6.07) is 11.5. The zero-order valence-electron chi connectivity index (χ0n) is 17.3. The van der Waals surface area contributed by atoms with Crippen LogP contribution in [-0.4, -0.2) is 29.6 Å². The average molecular weight is 443 g/mol. The largest absolute Gasteiger partial charge is 0.416 e. The molecule has 0 amide bonds. The number of anilines is 1. The molecule has 1 aromatic heterocycles. The van der Waals surface area contributed by atoms with Gasteiger partial charge in [0, 0.05) is 13.1 Å². The van der Waals surface area contributed by atoms with Crippen molar-refractivity contribution in [3.8, 4) is 11.1 Å². The third kappa shape index (κ3) is 4.75. The summed E-state index contributed by atoms with van der Waals surface area (Å²) in [4.78, 5) is 10.6. The maximum Gasteiger partial charge on any atom is 0.416 e. The first kappa shape index (κ1) is 22.2. The molecule has 4 rings (SSSR count). The number of alkyl halides is 3. The van der Waals surface area contributed by atoms with Crippen molar-refractivity contribution in [3.63, 3.8) is 0 Å². The Morgan fingerprint density at radius 3 is 2.28 bits per heavy atom. The Morgan fingerprint density at radius 2 is 1.69 bits per heavy atom. The number of piperidine rings is 1. The fourth-order valence-electron chi connectivity index (χ4n) is 4.38. The van der Waals surface area contributed by atoms with E-state index in [2.05, 4.69) is 21.1 Å². The quantitative estimate of drug-likeness (QED) is 0.560. The van der Waals surface area contributed by atoms with Crippen molar-refractivity contribution in [3.05, 3.63) is 78.0 Å². The van der Waals surface area contributed by atoms with Gasteiger partial charge < -0.3 is 10.6 Å². The number of nitrogens with zero attached hydrogens (tertiary/aromatic N) is 3. The van der Waals surface area contributed by atoms with Gasteiger partial charge in [0.2, 0.25) is 0 Å². The predicted molar refractivity (Wildman–Crippen MR) is 114 cm³/mol. The number of hydrogen-bond donors (Lipinski definition) is 1. The van der Waals surface area contributed by atoms with Gasteiger partial charge in [0.25, 0.3) is 0 Å². The lowest BCUT2D eigenvalue weighted by molar-refractivity contribution is -0.137. The van der Waals surface area contributed by atoms with E-state index < -0.39 is 11.7 Å². The normalized spacial score (nSPS) is 16.2. The molecule has 2 aromatic carbocycles. The van der Waals surface area contributed by atoms with Crippen molar-refractivity contribution in [1.29, 1.82) is 0 Å². The molecule has 1 aliphatic heterocycles. The highest BCUT2D eigenvalue weighted by atomic mass is 19.4. The molecule has 1 saturated heterocycles. The first-order valence-corrected chi connectivity index (χ1v) is 10.5. The first-order valence-electron chi connectivity index (χ1n) is 10.5. The van der Waals surface area contributed by atoms with Gasteiger partial charge >= 0.3 is 6.18 Å². The Balaban J connectivity index is 1.48. The summed E-state index contributed by atoms with van der Waals surface area (Å²) in [6.07, 6.45) is 1.72. The Bertz CT molecular complexity index is 1030. The van der Waals surface area contributed by atoms with Crippen LogP contribution in [0.25, 0.3) is 11.1 Å². The number of rotatable bonds is 5. The molecule has 32 heavy (non-hydrogen) atoms. The monoisotopic (exact) mass is 443 g/mol. The lowest BCUT2D eigenvalue weighted by atomic mass is 9.80. The van der Waals surface area contributed by atoms with Gasteiger partial charge in [-0.25, -0.2) is 14.4 Å². The zero-order chi connectivity index (χ0) is 22.7. The molecule has 1 aliphatic rings. The standard InChI is InChI=1S/C24H23F4N4/c25-20-7-3-17(4-8-20)22-14-30-15-31-23(22)32-11-9-18(10-12-32)21(13-29)16-1-5-19(6-2-16)24(26,27)28/h1-8,15,18,21H,9-13,29H2/t21-/m0/s1. The molecule has 8 heteroatoms. The topological polar surface area (TPSA) is 55.0 Å². The van der Waals surface area contributed by atoms with Gasteiger partial charge in [-0.05, 0) is 66.6 Å². The minimum Gasteiger partial charge on any atom is -0.356 e. The molecule has 0 saturated carbocycles. The van der Waals surface area contributed by atoms with Gasteiger partial charge in [-0.2, -0.15) is 13.2 Å². The van der Waals surface area contributed by atoms with Crippen molar-refractivity contribution in [2.45, 2.75) is 24.9 Å². The van der Waals surface area contributed by atoms with Gasteiger partial charge in [-0.1, -0.05) is 24.3 Å². The van der Waals surface area contributed by atoms with E-state index in [1.807, 2.05) is 0 Å². The van der Waals surface area contributed by atoms with Crippen molar-refractivity contribution in [1.82, 2.24) is 9.97 Å². The predicted octanol–water partition coefficient (Wildman–Crippen LogP) is 5.06. The smallest absolute Gasteiger partial charge is 0.356 e. The number of aromatic nitrogens is 2. The second-order valence-electron chi connectivity index (χ2n) is 7.98. The van der Waals surface area contributed by atoms with Crippen molar-refractivity contribution in [2.75, 3.05) is 24.5 Å². The van der Waals surface area contributed by atoms with Crippen molar-refractivity contribution >= 4 is 5.82 Å². The summed E-state index contributed by atoms with van der Waals surface area (Å²) in [6.45, 7) is 1.82. The van der Waals surface area contributed by atoms with Crippen LogP contribution in [0.15, 0.2) is 54.9 Å². The second-order valence-corrected chi connectivity index (χ2v) is 7.98. The fourth-order valence-corrected chi connectivity index (χ4v) is 4.38. The number of benzene rings is 2. The maximum atomic E-state index is 13.3. The van der Waals surface area contributed by atoms with Crippen LogP contribution in [0.5, 0.6) is 0 Å². The van der Waals surface area contributed by atoms with E-state index in [4.69, 9.17) is 5.73 Å². The van der Waals surface area contributed by atoms with E-state index in [0.717, 1.165) is 55.0 Å². The Hall–Kier alpha value is -3.00. The first-order chi connectivity index (χ1) is 15.4. The fraction of sp³-hybridized carbons (Fsp3) is 0.333. The molecule has 0 unspecified atom stereocenters. The Morgan fingerprint density at radius 1 is 1.03 bits per heavy atom. The van der Waals surface area contributed by atoms with Crippen LogP contribution in [0.3, 0.4) is 0 Å². The van der Waals surface area contributed by atoms with Gasteiger partial charge in [0.15, 0.2) is 0 Å². The molecule has 2 N–H and O–H groups in total. The van der Waals surface area contributed by atoms with E-state index >= 15 is 0 Å². The summed E-state index contributed by atoms with van der Waals surface area (Å²) in [5.41, 5.74) is 7.71. The van der Waals surface area contributed by atoms with Crippen molar-refractivity contribution < 1.29 is 17.6 Å². The molecule has 0 bridgehead atoms. The van der Waals surface area contributed by atoms with Crippen LogP contribution in [0.4, 0.5) is 23.4 Å². The van der Waals surface area contributed by atoms with Crippen LogP contribution in [-0.2, 0) is 6.18 Å². The molecule has 3 aromatic rings. The van der Waals surface area contributed by atoms with Gasteiger partial charge in [-0.15, -0.1) is 0 Å². The van der Waals surface area contributed by atoms with Crippen LogP contribution in [0.2, 0.25) is 0 Å². The van der Waals surface area contributed by atoms with Gasteiger partial charge in [0.1, 0.15) is 24.2 Å². The summed E-state index contributed by atoms with van der Waals surface area (Å²) < 4.78 is 51.9. The number of hydrogen-bond acceptors (Lipinski definition) is 4. The molecule has 2 heterocycles. The molecule has 4 nitrogen and oxygen atoms in total. The van der Waals surface area contributed by atoms with Crippen LogP contribution in [0, 0.1) is 17.9 Å². The minimum absolute atomic E-state index is 0.00651. The molecule has 0 spiro atoms. The molecular formula is C24H23F4N4. The van der Waals surface area contributed by atoms with E-state index in [9.17, 15) is 17.6 Å². The zero-order valence-corrected chi connectivity index (χ0v) is 17.3. The van der Waals surface area contributed by atoms with E-state index in [-0.39, 0.29) is 17.7 Å². The lowest BCUT2D eigenvalue weighted by Gasteiger charge is -2.37. The van der Waals surface area contributed by atoms with E-state index in [1.54, 1.807) is 24.3 Å². The summed E-state index contributed by atoms with van der Waals surface area (Å²) in [5, 5.41) is 0. The SMILES string of the molecule is NC[C@@H](c1ccc(C(F)(F)F)cc1)C1CCN(c2ncn[c]c2-c2ccc(F)cc2)CC1. The second kappa shape index (κ2) is 9.24. The van der Waals surface area contributed by atoms with Gasteiger partial charge in [-0.3, -0.25) is 0 Å². The number of nitrogens with two attached hydrogens (primary N) is 1. The highest BCUT2D eigenvalue weighted by molar-refractivity contribution is 5.74. The number of halogens is 4. The van der Waals surface area contributed by atoms with E-state index in [1.165, 1.54) is 18.5 Å². The highest BCUT2D eigenvalue weighted by Gasteiger charge is 2.32. The summed E-state index contributed by atoms with van der Waals surface area (Å²) in [7, 11) is 0. The molecule has 1 radical (unpaired) electrons. The summed E-state index contributed by atoms with van der Waals surface area (Å²) in [5.74, 6) is 0.675. The van der Waals surface area contributed by atoms with Crippen LogP contribution >= 0.6 is 0 Å².